The smallest absolute Gasteiger partial charge is 0.266 e. The summed E-state index contributed by atoms with van der Waals surface area (Å²) in [7, 11) is 0. The summed E-state index contributed by atoms with van der Waals surface area (Å²) in [5.74, 6) is 1.07. The second kappa shape index (κ2) is 8.36. The van der Waals surface area contributed by atoms with Crippen LogP contribution in [-0.4, -0.2) is 12.0 Å². The summed E-state index contributed by atoms with van der Waals surface area (Å²) in [6.45, 7) is 8.75. The van der Waals surface area contributed by atoms with Gasteiger partial charge in [-0.25, -0.2) is 0 Å². The molecule has 1 aliphatic carbocycles. The molecule has 0 aliphatic heterocycles. The van der Waals surface area contributed by atoms with E-state index in [-0.39, 0.29) is 11.3 Å². The monoisotopic (exact) mass is 396 g/mol. The number of fused-ring (bicyclic) bond motifs is 1. The second-order valence-electron chi connectivity index (χ2n) is 8.44. The van der Waals surface area contributed by atoms with Gasteiger partial charge in [-0.3, -0.25) is 4.79 Å². The zero-order valence-corrected chi connectivity index (χ0v) is 17.9. The fourth-order valence-electron chi connectivity index (χ4n) is 3.71. The van der Waals surface area contributed by atoms with Crippen LogP contribution < -0.4 is 10.1 Å². The van der Waals surface area contributed by atoms with E-state index in [9.17, 15) is 10.1 Å². The van der Waals surface area contributed by atoms with Gasteiger partial charge in [0.25, 0.3) is 5.91 Å². The van der Waals surface area contributed by atoms with Crippen molar-refractivity contribution >= 4 is 22.2 Å². The summed E-state index contributed by atoms with van der Waals surface area (Å²) >= 11 is 1.56. The van der Waals surface area contributed by atoms with Crippen molar-refractivity contribution in [3.63, 3.8) is 0 Å². The first kappa shape index (κ1) is 20.4. The number of para-hydroxylation sites is 1. The Morgan fingerprint density at radius 1 is 1.36 bits per heavy atom. The number of benzene rings is 1. The Balaban J connectivity index is 1.78. The third-order valence-electron chi connectivity index (χ3n) is 5.52. The molecule has 2 unspecified atom stereocenters. The molecule has 0 fully saturated rings. The number of carbonyl (C=O) groups excluding carboxylic acids is 1. The highest BCUT2D eigenvalue weighted by Gasteiger charge is 2.32. The topological polar surface area (TPSA) is 62.1 Å². The van der Waals surface area contributed by atoms with Crippen molar-refractivity contribution in [1.82, 2.24) is 0 Å². The molecule has 1 aromatic heterocycles. The van der Waals surface area contributed by atoms with Gasteiger partial charge in [0, 0.05) is 4.88 Å². The Morgan fingerprint density at radius 3 is 2.68 bits per heavy atom. The largest absolute Gasteiger partial charge is 0.481 e. The van der Waals surface area contributed by atoms with Crippen molar-refractivity contribution in [1.29, 1.82) is 5.26 Å². The van der Waals surface area contributed by atoms with Gasteiger partial charge >= 0.3 is 0 Å². The summed E-state index contributed by atoms with van der Waals surface area (Å²) in [4.78, 5) is 14.1. The molecule has 1 heterocycles. The summed E-state index contributed by atoms with van der Waals surface area (Å²) in [5.41, 5.74) is 2.00. The third kappa shape index (κ3) is 4.39. The standard InChI is InChI=1S/C23H28N2O2S/c1-5-19(27-16-9-7-6-8-10-16)21(26)25-22-18(14-24)17-12-11-15(23(2,3)4)13-20(17)28-22/h6-10,15,19H,5,11-13H2,1-4H3,(H,25,26). The Morgan fingerprint density at radius 2 is 2.07 bits per heavy atom. The van der Waals surface area contributed by atoms with Crippen LogP contribution in [0.15, 0.2) is 30.3 Å². The van der Waals surface area contributed by atoms with Crippen LogP contribution in [0.2, 0.25) is 0 Å². The second-order valence-corrected chi connectivity index (χ2v) is 9.55. The van der Waals surface area contributed by atoms with E-state index in [0.717, 1.165) is 24.8 Å². The first-order valence-corrected chi connectivity index (χ1v) is 10.7. The number of nitrogens with zero attached hydrogens (tertiary/aromatic N) is 1. The lowest BCUT2D eigenvalue weighted by atomic mass is 9.72. The fourth-order valence-corrected chi connectivity index (χ4v) is 4.99. The zero-order valence-electron chi connectivity index (χ0n) is 17.0. The van der Waals surface area contributed by atoms with Crippen LogP contribution in [0.3, 0.4) is 0 Å². The molecule has 3 rings (SSSR count). The van der Waals surface area contributed by atoms with Crippen LogP contribution in [0.5, 0.6) is 5.75 Å². The van der Waals surface area contributed by atoms with Gasteiger partial charge in [-0.1, -0.05) is 45.9 Å². The van der Waals surface area contributed by atoms with Gasteiger partial charge in [-0.2, -0.15) is 5.26 Å². The first-order valence-electron chi connectivity index (χ1n) is 9.90. The zero-order chi connectivity index (χ0) is 20.3. The van der Waals surface area contributed by atoms with E-state index in [4.69, 9.17) is 4.74 Å². The van der Waals surface area contributed by atoms with Gasteiger partial charge in [0.2, 0.25) is 0 Å². The van der Waals surface area contributed by atoms with Crippen LogP contribution in [0.4, 0.5) is 5.00 Å². The van der Waals surface area contributed by atoms with Crippen molar-refractivity contribution in [2.24, 2.45) is 11.3 Å². The van der Waals surface area contributed by atoms with Gasteiger partial charge in [0.05, 0.1) is 5.56 Å². The number of amides is 1. The molecule has 1 amide bonds. The molecule has 1 aromatic carbocycles. The minimum absolute atomic E-state index is 0.200. The van der Waals surface area contributed by atoms with Crippen LogP contribution in [0.25, 0.3) is 0 Å². The lowest BCUT2D eigenvalue weighted by Gasteiger charge is -2.33. The number of carbonyl (C=O) groups is 1. The van der Waals surface area contributed by atoms with E-state index in [1.807, 2.05) is 37.3 Å². The molecule has 0 radical (unpaired) electrons. The maximum atomic E-state index is 12.8. The Labute approximate surface area is 171 Å². The Kier molecular flexibility index (Phi) is 6.10. The molecule has 4 nitrogen and oxygen atoms in total. The van der Waals surface area contributed by atoms with Crippen molar-refractivity contribution < 1.29 is 9.53 Å². The molecule has 0 saturated carbocycles. The number of hydrogen-bond acceptors (Lipinski definition) is 4. The first-order chi connectivity index (χ1) is 13.3. The van der Waals surface area contributed by atoms with Crippen LogP contribution >= 0.6 is 11.3 Å². The SMILES string of the molecule is CCC(Oc1ccccc1)C(=O)Nc1sc2c(c1C#N)CCC(C(C)(C)C)C2. The molecule has 2 aromatic rings. The molecule has 1 N–H and O–H groups in total. The maximum absolute atomic E-state index is 12.8. The molecule has 28 heavy (non-hydrogen) atoms. The third-order valence-corrected chi connectivity index (χ3v) is 6.69. The van der Waals surface area contributed by atoms with Gasteiger partial charge < -0.3 is 10.1 Å². The van der Waals surface area contributed by atoms with Gasteiger partial charge in [-0.15, -0.1) is 11.3 Å². The summed E-state index contributed by atoms with van der Waals surface area (Å²) in [6.07, 6.45) is 2.94. The average Bonchev–Trinajstić information content (AvgIpc) is 3.02. The lowest BCUT2D eigenvalue weighted by molar-refractivity contribution is -0.122. The molecular formula is C23H28N2O2S. The van der Waals surface area contributed by atoms with Crippen molar-refractivity contribution in [3.05, 3.63) is 46.3 Å². The van der Waals surface area contributed by atoms with E-state index in [0.29, 0.717) is 28.7 Å². The van der Waals surface area contributed by atoms with Gasteiger partial charge in [0.15, 0.2) is 6.10 Å². The van der Waals surface area contributed by atoms with Crippen molar-refractivity contribution in [3.8, 4) is 11.8 Å². The predicted octanol–water partition coefficient (Wildman–Crippen LogP) is 5.57. The van der Waals surface area contributed by atoms with E-state index in [1.54, 1.807) is 11.3 Å². The molecule has 0 saturated heterocycles. The maximum Gasteiger partial charge on any atom is 0.266 e. The quantitative estimate of drug-likeness (QED) is 0.719. The highest BCUT2D eigenvalue weighted by molar-refractivity contribution is 7.16. The summed E-state index contributed by atoms with van der Waals surface area (Å²) in [6, 6.07) is 11.7. The number of thiophene rings is 1. The number of hydrogen-bond donors (Lipinski definition) is 1. The number of nitrogens with one attached hydrogen (secondary N) is 1. The highest BCUT2D eigenvalue weighted by atomic mass is 32.1. The number of anilines is 1. The number of nitriles is 1. The Bertz CT molecular complexity index is 874. The number of rotatable bonds is 5. The van der Waals surface area contributed by atoms with Gasteiger partial charge in [-0.05, 0) is 54.7 Å². The lowest BCUT2D eigenvalue weighted by Crippen LogP contribution is -2.32. The normalized spacial score (nSPS) is 17.3. The van der Waals surface area contributed by atoms with E-state index in [2.05, 4.69) is 32.2 Å². The van der Waals surface area contributed by atoms with Crippen LogP contribution in [0.1, 0.15) is 56.5 Å². The summed E-state index contributed by atoms with van der Waals surface area (Å²) < 4.78 is 5.84. The number of ether oxygens (including phenoxy) is 1. The molecule has 5 heteroatoms. The van der Waals surface area contributed by atoms with E-state index in [1.165, 1.54) is 4.88 Å². The van der Waals surface area contributed by atoms with Crippen molar-refractivity contribution in [2.45, 2.75) is 59.5 Å². The molecule has 2 atom stereocenters. The molecular weight excluding hydrogens is 368 g/mol. The van der Waals surface area contributed by atoms with Crippen molar-refractivity contribution in [2.75, 3.05) is 5.32 Å². The van der Waals surface area contributed by atoms with E-state index < -0.39 is 6.10 Å². The summed E-state index contributed by atoms with van der Waals surface area (Å²) in [5, 5.41) is 13.4. The van der Waals surface area contributed by atoms with Crippen LogP contribution in [0, 0.1) is 22.7 Å². The van der Waals surface area contributed by atoms with E-state index >= 15 is 0 Å². The fraction of sp³-hybridized carbons (Fsp3) is 0.478. The van der Waals surface area contributed by atoms with Crippen LogP contribution in [-0.2, 0) is 17.6 Å². The molecule has 1 aliphatic rings. The minimum Gasteiger partial charge on any atom is -0.481 e. The molecule has 148 valence electrons. The molecule has 0 bridgehead atoms. The molecule has 0 spiro atoms. The Hall–Kier alpha value is -2.32. The minimum atomic E-state index is -0.588. The highest BCUT2D eigenvalue weighted by Crippen LogP contribution is 2.44. The predicted molar refractivity (Wildman–Crippen MR) is 114 cm³/mol. The average molecular weight is 397 g/mol. The van der Waals surface area contributed by atoms with Gasteiger partial charge in [0.1, 0.15) is 16.8 Å².